The summed E-state index contributed by atoms with van der Waals surface area (Å²) in [7, 11) is 2.94. The Morgan fingerprint density at radius 3 is 2.41 bits per heavy atom. The van der Waals surface area contributed by atoms with Gasteiger partial charge in [0.15, 0.2) is 11.5 Å². The normalized spacial score (nSPS) is 15.2. The largest absolute Gasteiger partial charge is 0.493 e. The van der Waals surface area contributed by atoms with Gasteiger partial charge in [0.25, 0.3) is 0 Å². The Labute approximate surface area is 154 Å². The second-order valence-corrected chi connectivity index (χ2v) is 6.07. The third-order valence-electron chi connectivity index (χ3n) is 4.26. The number of hydrogen-bond acceptors (Lipinski definition) is 4. The van der Waals surface area contributed by atoms with Crippen molar-refractivity contribution in [3.05, 3.63) is 18.2 Å². The molecule has 0 bridgehead atoms. The van der Waals surface area contributed by atoms with Crippen LogP contribution in [0.25, 0.3) is 0 Å². The highest BCUT2D eigenvalue weighted by molar-refractivity contribution is 5.92. The van der Waals surface area contributed by atoms with Gasteiger partial charge in [0.05, 0.1) is 19.9 Å². The van der Waals surface area contributed by atoms with Gasteiger partial charge < -0.3 is 25.0 Å². The van der Waals surface area contributed by atoms with Crippen molar-refractivity contribution in [2.45, 2.75) is 19.0 Å². The van der Waals surface area contributed by atoms with Gasteiger partial charge in [0.1, 0.15) is 6.54 Å². The van der Waals surface area contributed by atoms with Gasteiger partial charge in [-0.15, -0.1) is 0 Å². The molecule has 1 fully saturated rings. The van der Waals surface area contributed by atoms with E-state index in [0.717, 1.165) is 0 Å². The van der Waals surface area contributed by atoms with E-state index in [1.165, 1.54) is 19.1 Å². The Balaban J connectivity index is 1.89. The van der Waals surface area contributed by atoms with Crippen LogP contribution in [0, 0.1) is 5.92 Å². The van der Waals surface area contributed by atoms with Gasteiger partial charge >= 0.3 is 12.2 Å². The molecule has 10 heteroatoms. The quantitative estimate of drug-likeness (QED) is 0.811. The Morgan fingerprint density at radius 2 is 1.85 bits per heavy atom. The molecule has 2 rings (SSSR count). The standard InChI is InChI=1S/C17H22F3N3O4/c1-26-13-5-3-4-12(14(13)27-2)22-16(25)23-8-6-11(7-9-23)15(24)21-10-17(18,19)20/h3-5,11H,6-10H2,1-2H3,(H,21,24)(H,22,25). The number of hydrogen-bond donors (Lipinski definition) is 2. The van der Waals surface area contributed by atoms with Crippen molar-refractivity contribution in [2.75, 3.05) is 39.2 Å². The first-order chi connectivity index (χ1) is 12.7. The highest BCUT2D eigenvalue weighted by Crippen LogP contribution is 2.35. The number of alkyl halides is 3. The minimum Gasteiger partial charge on any atom is -0.493 e. The van der Waals surface area contributed by atoms with Crippen molar-refractivity contribution >= 4 is 17.6 Å². The molecule has 2 N–H and O–H groups in total. The molecule has 1 aromatic carbocycles. The first-order valence-electron chi connectivity index (χ1n) is 8.36. The number of para-hydroxylation sites is 1. The number of anilines is 1. The third-order valence-corrected chi connectivity index (χ3v) is 4.26. The van der Waals surface area contributed by atoms with E-state index in [1.807, 2.05) is 5.32 Å². The van der Waals surface area contributed by atoms with Gasteiger partial charge in [-0.05, 0) is 25.0 Å². The number of halogens is 3. The van der Waals surface area contributed by atoms with E-state index in [9.17, 15) is 22.8 Å². The zero-order valence-corrected chi connectivity index (χ0v) is 15.1. The Bertz CT molecular complexity index is 674. The number of piperidine rings is 1. The second kappa shape index (κ2) is 8.83. The number of rotatable bonds is 5. The lowest BCUT2D eigenvalue weighted by molar-refractivity contribution is -0.141. The van der Waals surface area contributed by atoms with E-state index in [1.54, 1.807) is 18.2 Å². The van der Waals surface area contributed by atoms with Crippen LogP contribution in [0.3, 0.4) is 0 Å². The van der Waals surface area contributed by atoms with Gasteiger partial charge in [-0.3, -0.25) is 4.79 Å². The monoisotopic (exact) mass is 389 g/mol. The van der Waals surface area contributed by atoms with E-state index in [0.29, 0.717) is 30.0 Å². The van der Waals surface area contributed by atoms with Crippen LogP contribution in [0.2, 0.25) is 0 Å². The molecule has 0 aromatic heterocycles. The summed E-state index contributed by atoms with van der Waals surface area (Å²) in [5, 5.41) is 4.62. The lowest BCUT2D eigenvalue weighted by atomic mass is 9.96. The van der Waals surface area contributed by atoms with E-state index in [2.05, 4.69) is 5.32 Å². The van der Waals surface area contributed by atoms with E-state index >= 15 is 0 Å². The van der Waals surface area contributed by atoms with Gasteiger partial charge in [0, 0.05) is 19.0 Å². The number of nitrogens with zero attached hydrogens (tertiary/aromatic N) is 1. The summed E-state index contributed by atoms with van der Waals surface area (Å²) in [6.45, 7) is -0.813. The maximum Gasteiger partial charge on any atom is 0.405 e. The predicted octanol–water partition coefficient (Wildman–Crippen LogP) is 2.63. The molecule has 0 spiro atoms. The highest BCUT2D eigenvalue weighted by atomic mass is 19.4. The number of ether oxygens (including phenoxy) is 2. The number of carbonyl (C=O) groups excluding carboxylic acids is 2. The van der Waals surface area contributed by atoms with Crippen LogP contribution in [-0.4, -0.2) is 56.9 Å². The Hall–Kier alpha value is -2.65. The summed E-state index contributed by atoms with van der Waals surface area (Å²) in [6, 6.07) is 4.68. The zero-order valence-electron chi connectivity index (χ0n) is 15.1. The number of likely N-dealkylation sites (tertiary alicyclic amines) is 1. The molecule has 1 heterocycles. The lowest BCUT2D eigenvalue weighted by Crippen LogP contribution is -2.45. The molecule has 3 amide bonds. The van der Waals surface area contributed by atoms with Crippen molar-refractivity contribution in [1.29, 1.82) is 0 Å². The molecule has 0 radical (unpaired) electrons. The van der Waals surface area contributed by atoms with Crippen molar-refractivity contribution < 1.29 is 32.2 Å². The summed E-state index contributed by atoms with van der Waals surface area (Å²) in [6.07, 6.45) is -3.84. The second-order valence-electron chi connectivity index (χ2n) is 6.07. The molecular weight excluding hydrogens is 367 g/mol. The molecule has 0 saturated carbocycles. The minimum atomic E-state index is -4.44. The molecule has 0 aliphatic carbocycles. The molecule has 27 heavy (non-hydrogen) atoms. The van der Waals surface area contributed by atoms with Crippen LogP contribution >= 0.6 is 0 Å². The minimum absolute atomic E-state index is 0.266. The van der Waals surface area contributed by atoms with Crippen molar-refractivity contribution in [3.8, 4) is 11.5 Å². The molecule has 150 valence electrons. The first-order valence-corrected chi connectivity index (χ1v) is 8.36. The van der Waals surface area contributed by atoms with Crippen molar-refractivity contribution in [2.24, 2.45) is 5.92 Å². The highest BCUT2D eigenvalue weighted by Gasteiger charge is 2.32. The van der Waals surface area contributed by atoms with Gasteiger partial charge in [-0.25, -0.2) is 4.79 Å². The summed E-state index contributed by atoms with van der Waals surface area (Å²) >= 11 is 0. The average Bonchev–Trinajstić information content (AvgIpc) is 2.65. The fourth-order valence-electron chi connectivity index (χ4n) is 2.86. The van der Waals surface area contributed by atoms with Gasteiger partial charge in [0.2, 0.25) is 5.91 Å². The van der Waals surface area contributed by atoms with Crippen molar-refractivity contribution in [3.63, 3.8) is 0 Å². The molecule has 1 aliphatic heterocycles. The zero-order chi connectivity index (χ0) is 20.0. The fraction of sp³-hybridized carbons (Fsp3) is 0.529. The number of amides is 3. The number of benzene rings is 1. The third kappa shape index (κ3) is 5.66. The molecular formula is C17H22F3N3O4. The maximum absolute atomic E-state index is 12.4. The fourth-order valence-corrected chi connectivity index (χ4v) is 2.86. The topological polar surface area (TPSA) is 79.9 Å². The number of carbonyl (C=O) groups is 2. The molecule has 1 aliphatic rings. The SMILES string of the molecule is COc1cccc(NC(=O)N2CCC(C(=O)NCC(F)(F)F)CC2)c1OC. The first kappa shape index (κ1) is 20.7. The van der Waals surface area contributed by atoms with Crippen LogP contribution in [-0.2, 0) is 4.79 Å². The van der Waals surface area contributed by atoms with E-state index < -0.39 is 24.5 Å². The van der Waals surface area contributed by atoms with Crippen LogP contribution in [0.1, 0.15) is 12.8 Å². The van der Waals surface area contributed by atoms with Gasteiger partial charge in [-0.1, -0.05) is 6.07 Å². The summed E-state index contributed by atoms with van der Waals surface area (Å²) < 4.78 is 47.0. The Morgan fingerprint density at radius 1 is 1.19 bits per heavy atom. The summed E-state index contributed by atoms with van der Waals surface area (Å²) in [5.74, 6) is -0.324. The summed E-state index contributed by atoms with van der Waals surface area (Å²) in [4.78, 5) is 25.8. The maximum atomic E-state index is 12.4. The average molecular weight is 389 g/mol. The van der Waals surface area contributed by atoms with E-state index in [4.69, 9.17) is 9.47 Å². The number of urea groups is 1. The van der Waals surface area contributed by atoms with Crippen LogP contribution in [0.4, 0.5) is 23.7 Å². The van der Waals surface area contributed by atoms with Crippen LogP contribution < -0.4 is 20.1 Å². The van der Waals surface area contributed by atoms with E-state index in [-0.39, 0.29) is 19.1 Å². The Kier molecular flexibility index (Phi) is 6.75. The molecule has 1 aromatic rings. The lowest BCUT2D eigenvalue weighted by Gasteiger charge is -2.31. The van der Waals surface area contributed by atoms with Crippen LogP contribution in [0.15, 0.2) is 18.2 Å². The molecule has 7 nitrogen and oxygen atoms in total. The smallest absolute Gasteiger partial charge is 0.405 e. The predicted molar refractivity (Wildman–Crippen MR) is 91.9 cm³/mol. The van der Waals surface area contributed by atoms with Crippen molar-refractivity contribution in [1.82, 2.24) is 10.2 Å². The molecule has 0 unspecified atom stereocenters. The number of nitrogens with one attached hydrogen (secondary N) is 2. The van der Waals surface area contributed by atoms with Crippen LogP contribution in [0.5, 0.6) is 11.5 Å². The summed E-state index contributed by atoms with van der Waals surface area (Å²) in [5.41, 5.74) is 0.437. The molecule has 1 saturated heterocycles. The molecule has 0 atom stereocenters. The number of methoxy groups -OCH3 is 2. The van der Waals surface area contributed by atoms with Gasteiger partial charge in [-0.2, -0.15) is 13.2 Å².